The van der Waals surface area contributed by atoms with Crippen LogP contribution in [0.5, 0.6) is 17.2 Å². The monoisotopic (exact) mass is 522 g/mol. The summed E-state index contributed by atoms with van der Waals surface area (Å²) in [4.78, 5) is 28.1. The fraction of sp³-hybridized carbons (Fsp3) is 0.250. The summed E-state index contributed by atoms with van der Waals surface area (Å²) >= 11 is 0. The highest BCUT2D eigenvalue weighted by Crippen LogP contribution is 2.29. The highest BCUT2D eigenvalue weighted by Gasteiger charge is 2.17. The van der Waals surface area contributed by atoms with Crippen LogP contribution in [-0.2, 0) is 0 Å². The zero-order valence-electron chi connectivity index (χ0n) is 21.8. The second-order valence-corrected chi connectivity index (χ2v) is 8.49. The van der Waals surface area contributed by atoms with Crippen LogP contribution < -0.4 is 25.0 Å². The number of nitrogens with one attached hydrogen (secondary N) is 2. The number of hydrogen-bond donors (Lipinski definition) is 2. The van der Waals surface area contributed by atoms with Crippen LogP contribution >= 0.6 is 0 Å². The standard InChI is InChI=1S/C28H31FN4O5/c1-33(2)14-5-15-38-22-11-12-24(31-27(34)20-8-13-25(36-3)26(16-20)37-4)23(17-22)28(35)32-30-18-19-6-9-21(29)10-7-19/h6-13,16-18H,5,14-15H2,1-4H3,(H,31,34)(H,32,35)/b30-18+. The average molecular weight is 523 g/mol. The molecule has 0 aliphatic carbocycles. The molecule has 9 nitrogen and oxygen atoms in total. The van der Waals surface area contributed by atoms with E-state index in [-0.39, 0.29) is 17.1 Å². The van der Waals surface area contributed by atoms with Gasteiger partial charge >= 0.3 is 0 Å². The van der Waals surface area contributed by atoms with Gasteiger partial charge in [-0.3, -0.25) is 9.59 Å². The first-order chi connectivity index (χ1) is 18.3. The highest BCUT2D eigenvalue weighted by atomic mass is 19.1. The number of ether oxygens (including phenoxy) is 3. The van der Waals surface area contributed by atoms with Crippen LogP contribution in [0.15, 0.2) is 65.8 Å². The van der Waals surface area contributed by atoms with Gasteiger partial charge in [0, 0.05) is 12.1 Å². The molecule has 0 bridgehead atoms. The van der Waals surface area contributed by atoms with Crippen molar-refractivity contribution in [2.24, 2.45) is 5.10 Å². The minimum absolute atomic E-state index is 0.153. The normalized spacial score (nSPS) is 10.9. The number of anilines is 1. The summed E-state index contributed by atoms with van der Waals surface area (Å²) < 4.78 is 29.4. The van der Waals surface area contributed by atoms with Gasteiger partial charge in [0.2, 0.25) is 0 Å². The van der Waals surface area contributed by atoms with E-state index >= 15 is 0 Å². The van der Waals surface area contributed by atoms with Crippen molar-refractivity contribution in [1.82, 2.24) is 10.3 Å². The molecule has 2 N–H and O–H groups in total. The SMILES string of the molecule is COc1ccc(C(=O)Nc2ccc(OCCCN(C)C)cc2C(=O)N/N=C/c2ccc(F)cc2)cc1OC. The van der Waals surface area contributed by atoms with Crippen LogP contribution in [0.2, 0.25) is 0 Å². The van der Waals surface area contributed by atoms with Crippen molar-refractivity contribution in [2.75, 3.05) is 46.8 Å². The molecule has 0 saturated heterocycles. The van der Waals surface area contributed by atoms with Gasteiger partial charge in [0.1, 0.15) is 11.6 Å². The Morgan fingerprint density at radius 1 is 0.947 bits per heavy atom. The van der Waals surface area contributed by atoms with Gasteiger partial charge in [-0.25, -0.2) is 9.82 Å². The summed E-state index contributed by atoms with van der Waals surface area (Å²) in [5, 5.41) is 6.72. The van der Waals surface area contributed by atoms with Gasteiger partial charge in [-0.1, -0.05) is 12.1 Å². The minimum Gasteiger partial charge on any atom is -0.494 e. The maximum absolute atomic E-state index is 13.1. The number of amides is 2. The van der Waals surface area contributed by atoms with Gasteiger partial charge in [0.15, 0.2) is 11.5 Å². The number of methoxy groups -OCH3 is 2. The third-order valence-corrected chi connectivity index (χ3v) is 5.40. The topological polar surface area (TPSA) is 101 Å². The molecule has 38 heavy (non-hydrogen) atoms. The molecule has 3 aromatic carbocycles. The summed E-state index contributed by atoms with van der Waals surface area (Å²) in [5.41, 5.74) is 3.78. The number of benzene rings is 3. The number of carbonyl (C=O) groups is 2. The highest BCUT2D eigenvalue weighted by molar-refractivity contribution is 6.09. The third-order valence-electron chi connectivity index (χ3n) is 5.40. The van der Waals surface area contributed by atoms with Crippen LogP contribution in [0.3, 0.4) is 0 Å². The summed E-state index contributed by atoms with van der Waals surface area (Å²) in [6.45, 7) is 1.31. The van der Waals surface area contributed by atoms with Crippen LogP contribution in [0.1, 0.15) is 32.7 Å². The third kappa shape index (κ3) is 8.04. The van der Waals surface area contributed by atoms with E-state index in [4.69, 9.17) is 14.2 Å². The molecule has 0 aromatic heterocycles. The number of nitrogens with zero attached hydrogens (tertiary/aromatic N) is 2. The molecule has 0 radical (unpaired) electrons. The van der Waals surface area contributed by atoms with Gasteiger partial charge in [0.05, 0.1) is 38.3 Å². The first kappa shape index (κ1) is 28.1. The van der Waals surface area contributed by atoms with E-state index in [1.54, 1.807) is 36.4 Å². The van der Waals surface area contributed by atoms with Crippen molar-refractivity contribution < 1.29 is 28.2 Å². The predicted octanol–water partition coefficient (Wildman–Crippen LogP) is 4.19. The molecule has 2 amide bonds. The lowest BCUT2D eigenvalue weighted by Gasteiger charge is -2.14. The predicted molar refractivity (Wildman–Crippen MR) is 144 cm³/mol. The van der Waals surface area contributed by atoms with E-state index in [0.717, 1.165) is 13.0 Å². The van der Waals surface area contributed by atoms with E-state index in [9.17, 15) is 14.0 Å². The summed E-state index contributed by atoms with van der Waals surface area (Å²) in [7, 11) is 6.94. The molecule has 0 aliphatic rings. The van der Waals surface area contributed by atoms with Crippen molar-refractivity contribution in [2.45, 2.75) is 6.42 Å². The number of halogens is 1. The van der Waals surface area contributed by atoms with Crippen molar-refractivity contribution in [3.8, 4) is 17.2 Å². The zero-order chi connectivity index (χ0) is 27.5. The molecule has 0 aliphatic heterocycles. The molecule has 3 aromatic rings. The van der Waals surface area contributed by atoms with Crippen molar-refractivity contribution >= 4 is 23.7 Å². The van der Waals surface area contributed by atoms with Gasteiger partial charge in [0.25, 0.3) is 11.8 Å². The Bertz CT molecular complexity index is 1280. The number of rotatable bonds is 12. The van der Waals surface area contributed by atoms with Crippen LogP contribution in [0.4, 0.5) is 10.1 Å². The summed E-state index contributed by atoms with van der Waals surface area (Å²) in [6, 6.07) is 15.2. The molecule has 0 spiro atoms. The Balaban J connectivity index is 1.81. The van der Waals surface area contributed by atoms with E-state index in [0.29, 0.717) is 35.0 Å². The lowest BCUT2D eigenvalue weighted by Crippen LogP contribution is -2.21. The van der Waals surface area contributed by atoms with Crippen LogP contribution in [0.25, 0.3) is 0 Å². The van der Waals surface area contributed by atoms with E-state index < -0.39 is 11.8 Å². The Morgan fingerprint density at radius 2 is 1.68 bits per heavy atom. The smallest absolute Gasteiger partial charge is 0.273 e. The maximum Gasteiger partial charge on any atom is 0.273 e. The number of hydrogen-bond acceptors (Lipinski definition) is 7. The summed E-state index contributed by atoms with van der Waals surface area (Å²) in [6.07, 6.45) is 2.19. The molecule has 0 atom stereocenters. The van der Waals surface area contributed by atoms with Gasteiger partial charge in [-0.2, -0.15) is 5.10 Å². The molecule has 10 heteroatoms. The fourth-order valence-electron chi connectivity index (χ4n) is 3.43. The van der Waals surface area contributed by atoms with E-state index in [1.165, 1.54) is 44.7 Å². The first-order valence-corrected chi connectivity index (χ1v) is 11.8. The largest absolute Gasteiger partial charge is 0.494 e. The summed E-state index contributed by atoms with van der Waals surface area (Å²) in [5.74, 6) is -0.0308. The zero-order valence-corrected chi connectivity index (χ0v) is 21.8. The van der Waals surface area contributed by atoms with Crippen molar-refractivity contribution in [3.63, 3.8) is 0 Å². The second kappa shape index (κ2) is 13.8. The molecule has 0 fully saturated rings. The number of carbonyl (C=O) groups excluding carboxylic acids is 2. The quantitative estimate of drug-likeness (QED) is 0.210. The Kier molecular flexibility index (Phi) is 10.2. The van der Waals surface area contributed by atoms with Crippen LogP contribution in [-0.4, -0.2) is 64.4 Å². The van der Waals surface area contributed by atoms with Gasteiger partial charge < -0.3 is 24.4 Å². The average Bonchev–Trinajstić information content (AvgIpc) is 2.92. The molecular weight excluding hydrogens is 491 g/mol. The van der Waals surface area contributed by atoms with Crippen molar-refractivity contribution in [3.05, 3.63) is 83.2 Å². The molecule has 0 saturated carbocycles. The van der Waals surface area contributed by atoms with E-state index in [2.05, 4.69) is 15.8 Å². The lowest BCUT2D eigenvalue weighted by molar-refractivity contribution is 0.0955. The first-order valence-electron chi connectivity index (χ1n) is 11.8. The molecule has 0 unspecified atom stereocenters. The molecule has 3 rings (SSSR count). The maximum atomic E-state index is 13.1. The second-order valence-electron chi connectivity index (χ2n) is 8.49. The van der Waals surface area contributed by atoms with E-state index in [1.807, 2.05) is 19.0 Å². The van der Waals surface area contributed by atoms with Crippen molar-refractivity contribution in [1.29, 1.82) is 0 Å². The van der Waals surface area contributed by atoms with Gasteiger partial charge in [-0.15, -0.1) is 0 Å². The fourth-order valence-corrected chi connectivity index (χ4v) is 3.43. The molecule has 0 heterocycles. The van der Waals surface area contributed by atoms with Gasteiger partial charge in [-0.05, 0) is 74.6 Å². The Labute approximate surface area is 221 Å². The molecule has 200 valence electrons. The Morgan fingerprint density at radius 3 is 2.37 bits per heavy atom. The molecular formula is C28H31FN4O5. The number of hydrazone groups is 1. The minimum atomic E-state index is -0.565. The lowest BCUT2D eigenvalue weighted by atomic mass is 10.1. The Hall–Kier alpha value is -4.44. The van der Waals surface area contributed by atoms with Crippen LogP contribution in [0, 0.1) is 5.82 Å².